The van der Waals surface area contributed by atoms with E-state index in [1.54, 1.807) is 6.92 Å². The number of carbonyl (C=O) groups is 2. The lowest BCUT2D eigenvalue weighted by Crippen LogP contribution is -2.49. The summed E-state index contributed by atoms with van der Waals surface area (Å²) in [7, 11) is 0. The Hall–Kier alpha value is -0.920. The van der Waals surface area contributed by atoms with Crippen LogP contribution in [0, 0.1) is 34.5 Å². The number of hydrogen-bond acceptors (Lipinski definition) is 2. The molecule has 0 saturated heterocycles. The molecule has 2 heteroatoms. The zero-order chi connectivity index (χ0) is 15.7. The highest BCUT2D eigenvalue weighted by molar-refractivity contribution is 5.94. The van der Waals surface area contributed by atoms with E-state index in [0.29, 0.717) is 23.4 Å². The van der Waals surface area contributed by atoms with E-state index in [1.807, 2.05) is 6.08 Å². The lowest BCUT2D eigenvalue weighted by Gasteiger charge is -2.56. The van der Waals surface area contributed by atoms with Gasteiger partial charge in [0.05, 0.1) is 0 Å². The van der Waals surface area contributed by atoms with Gasteiger partial charge in [-0.3, -0.25) is 9.59 Å². The maximum absolute atomic E-state index is 12.1. The van der Waals surface area contributed by atoms with E-state index in [1.165, 1.54) is 31.3 Å². The summed E-state index contributed by atoms with van der Waals surface area (Å²) in [5.41, 5.74) is 1.80. The number of fused-ring (bicyclic) bond motifs is 5. The first-order valence-electron chi connectivity index (χ1n) is 9.10. The molecule has 0 aromatic rings. The van der Waals surface area contributed by atoms with Gasteiger partial charge in [-0.1, -0.05) is 19.4 Å². The lowest BCUT2D eigenvalue weighted by atomic mass is 9.48. The number of carbonyl (C=O) groups excluding carboxylic acids is 2. The molecule has 0 aromatic heterocycles. The van der Waals surface area contributed by atoms with Gasteiger partial charge >= 0.3 is 0 Å². The fraction of sp³-hybridized carbons (Fsp3) is 0.800. The Kier molecular flexibility index (Phi) is 3.03. The number of Topliss-reactive ketones (excluding diaryl/α,β-unsaturated/α-hetero) is 1. The molecule has 0 radical (unpaired) electrons. The minimum absolute atomic E-state index is 0.135. The largest absolute Gasteiger partial charge is 0.300 e. The standard InChI is InChI=1S/C20H28O2/c1-12(21)16-6-7-17-15-5-4-13-10-14(22)11-20(13,3)18(15)8-9-19(16,17)2/h10,15-18H,4-9,11H2,1-3H3/t15-,16-,17+,18-,19-,20-/m1/s1. The Morgan fingerprint density at radius 3 is 2.64 bits per heavy atom. The molecule has 0 aromatic carbocycles. The van der Waals surface area contributed by atoms with Crippen LogP contribution in [-0.4, -0.2) is 11.6 Å². The van der Waals surface area contributed by atoms with E-state index in [2.05, 4.69) is 13.8 Å². The van der Waals surface area contributed by atoms with E-state index < -0.39 is 0 Å². The molecule has 22 heavy (non-hydrogen) atoms. The summed E-state index contributed by atoms with van der Waals surface area (Å²) in [4.78, 5) is 24.1. The second kappa shape index (κ2) is 4.55. The predicted molar refractivity (Wildman–Crippen MR) is 86.3 cm³/mol. The maximum Gasteiger partial charge on any atom is 0.156 e. The summed E-state index contributed by atoms with van der Waals surface area (Å²) in [5, 5.41) is 0. The third kappa shape index (κ3) is 1.73. The molecule has 120 valence electrons. The second-order valence-electron chi connectivity index (χ2n) is 8.93. The van der Waals surface area contributed by atoms with Gasteiger partial charge in [-0.15, -0.1) is 0 Å². The van der Waals surface area contributed by atoms with Crippen LogP contribution in [0.5, 0.6) is 0 Å². The normalized spacial score (nSPS) is 50.1. The van der Waals surface area contributed by atoms with Crippen molar-refractivity contribution in [2.45, 2.75) is 65.7 Å². The van der Waals surface area contributed by atoms with Crippen molar-refractivity contribution in [2.24, 2.45) is 34.5 Å². The van der Waals surface area contributed by atoms with Crippen molar-refractivity contribution in [2.75, 3.05) is 0 Å². The summed E-state index contributed by atoms with van der Waals surface area (Å²) < 4.78 is 0. The SMILES string of the molecule is CC(=O)[C@H]1CC[C@H]2[C@H]3CCC4=CC(=O)C[C@@]4(C)[C@@H]3CC[C@]12C. The van der Waals surface area contributed by atoms with Gasteiger partial charge in [0, 0.05) is 12.3 Å². The van der Waals surface area contributed by atoms with Crippen molar-refractivity contribution in [3.05, 3.63) is 11.6 Å². The smallest absolute Gasteiger partial charge is 0.156 e. The molecule has 0 bridgehead atoms. The molecule has 3 saturated carbocycles. The Balaban J connectivity index is 1.67. The Morgan fingerprint density at radius 1 is 1.14 bits per heavy atom. The Morgan fingerprint density at radius 2 is 1.91 bits per heavy atom. The van der Waals surface area contributed by atoms with E-state index in [9.17, 15) is 9.59 Å². The second-order valence-corrected chi connectivity index (χ2v) is 8.93. The molecule has 4 aliphatic carbocycles. The molecular weight excluding hydrogens is 272 g/mol. The summed E-state index contributed by atoms with van der Waals surface area (Å²) in [6.07, 6.45) is 9.76. The van der Waals surface area contributed by atoms with Crippen molar-refractivity contribution in [1.82, 2.24) is 0 Å². The fourth-order valence-electron chi connectivity index (χ4n) is 7.08. The first-order valence-corrected chi connectivity index (χ1v) is 9.10. The van der Waals surface area contributed by atoms with Crippen LogP contribution in [0.15, 0.2) is 11.6 Å². The van der Waals surface area contributed by atoms with Crippen LogP contribution in [0.25, 0.3) is 0 Å². The summed E-state index contributed by atoms with van der Waals surface area (Å²) in [6.45, 7) is 6.53. The third-order valence-corrected chi connectivity index (χ3v) is 8.10. The van der Waals surface area contributed by atoms with Gasteiger partial charge in [-0.05, 0) is 80.1 Å². The van der Waals surface area contributed by atoms with Gasteiger partial charge < -0.3 is 0 Å². The first kappa shape index (κ1) is 14.7. The van der Waals surface area contributed by atoms with Gasteiger partial charge in [0.25, 0.3) is 0 Å². The topological polar surface area (TPSA) is 34.1 Å². The quantitative estimate of drug-likeness (QED) is 0.722. The summed E-state index contributed by atoms with van der Waals surface area (Å²) >= 11 is 0. The Labute approximate surface area is 133 Å². The highest BCUT2D eigenvalue weighted by Crippen LogP contribution is 2.66. The molecule has 0 N–H and O–H groups in total. The molecule has 4 rings (SSSR count). The van der Waals surface area contributed by atoms with Gasteiger partial charge in [0.15, 0.2) is 5.78 Å². The molecule has 0 spiro atoms. The van der Waals surface area contributed by atoms with Gasteiger partial charge in [0.1, 0.15) is 5.78 Å². The highest BCUT2D eigenvalue weighted by atomic mass is 16.1. The van der Waals surface area contributed by atoms with Crippen LogP contribution in [0.1, 0.15) is 65.7 Å². The lowest BCUT2D eigenvalue weighted by molar-refractivity contribution is -0.127. The minimum Gasteiger partial charge on any atom is -0.300 e. The van der Waals surface area contributed by atoms with Crippen LogP contribution in [-0.2, 0) is 9.59 Å². The monoisotopic (exact) mass is 300 g/mol. The minimum atomic E-state index is 0.135. The van der Waals surface area contributed by atoms with E-state index in [4.69, 9.17) is 0 Å². The molecule has 4 aliphatic rings. The summed E-state index contributed by atoms with van der Waals surface area (Å²) in [6, 6.07) is 0. The molecule has 3 fully saturated rings. The molecular formula is C20H28O2. The molecule has 0 amide bonds. The number of hydrogen-bond donors (Lipinski definition) is 0. The maximum atomic E-state index is 12.1. The average molecular weight is 300 g/mol. The molecule has 6 atom stereocenters. The zero-order valence-electron chi connectivity index (χ0n) is 14.2. The van der Waals surface area contributed by atoms with Crippen LogP contribution >= 0.6 is 0 Å². The first-order chi connectivity index (χ1) is 10.4. The van der Waals surface area contributed by atoms with Crippen molar-refractivity contribution in [3.8, 4) is 0 Å². The highest BCUT2D eigenvalue weighted by Gasteiger charge is 2.60. The molecule has 0 heterocycles. The van der Waals surface area contributed by atoms with Crippen LogP contribution < -0.4 is 0 Å². The van der Waals surface area contributed by atoms with Crippen molar-refractivity contribution in [1.29, 1.82) is 0 Å². The summed E-state index contributed by atoms with van der Waals surface area (Å²) in [5.74, 6) is 3.14. The van der Waals surface area contributed by atoms with Crippen LogP contribution in [0.2, 0.25) is 0 Å². The average Bonchev–Trinajstić information content (AvgIpc) is 2.93. The van der Waals surface area contributed by atoms with Gasteiger partial charge in [0.2, 0.25) is 0 Å². The zero-order valence-corrected chi connectivity index (χ0v) is 14.2. The number of rotatable bonds is 1. The van der Waals surface area contributed by atoms with E-state index >= 15 is 0 Å². The predicted octanol–water partition coefficient (Wildman–Crippen LogP) is 4.33. The molecule has 0 aliphatic heterocycles. The number of allylic oxidation sites excluding steroid dienone is 2. The Bertz CT molecular complexity index is 574. The van der Waals surface area contributed by atoms with Crippen molar-refractivity contribution < 1.29 is 9.59 Å². The van der Waals surface area contributed by atoms with Gasteiger partial charge in [-0.2, -0.15) is 0 Å². The van der Waals surface area contributed by atoms with Crippen molar-refractivity contribution >= 4 is 11.6 Å². The van der Waals surface area contributed by atoms with Gasteiger partial charge in [-0.25, -0.2) is 0 Å². The fourth-order valence-corrected chi connectivity index (χ4v) is 7.08. The van der Waals surface area contributed by atoms with E-state index in [-0.39, 0.29) is 16.7 Å². The molecule has 2 nitrogen and oxygen atoms in total. The van der Waals surface area contributed by atoms with Crippen molar-refractivity contribution in [3.63, 3.8) is 0 Å². The number of ketones is 2. The molecule has 0 unspecified atom stereocenters. The van der Waals surface area contributed by atoms with Crippen LogP contribution in [0.4, 0.5) is 0 Å². The van der Waals surface area contributed by atoms with Crippen LogP contribution in [0.3, 0.4) is 0 Å². The van der Waals surface area contributed by atoms with E-state index in [0.717, 1.165) is 25.2 Å². The third-order valence-electron chi connectivity index (χ3n) is 8.10.